The number of hydrogen-bond donors (Lipinski definition) is 2. The van der Waals surface area contributed by atoms with E-state index >= 15 is 0 Å². The number of sulfonamides is 1. The third-order valence-electron chi connectivity index (χ3n) is 4.06. The molecule has 0 unspecified atom stereocenters. The van der Waals surface area contributed by atoms with Gasteiger partial charge in [0, 0.05) is 14.1 Å². The van der Waals surface area contributed by atoms with Gasteiger partial charge < -0.3 is 15.4 Å². The lowest BCUT2D eigenvalue weighted by Crippen LogP contribution is -2.24. The lowest BCUT2D eigenvalue weighted by molar-refractivity contribution is -0.114. The summed E-state index contributed by atoms with van der Waals surface area (Å²) in [6.07, 6.45) is 0. The SMILES string of the molecule is CCOc1ccc2nc(NCC(=O)Nc3cc(S(=O)(=O)N(C)C)ccc3Cl)sc2c1. The van der Waals surface area contributed by atoms with E-state index in [4.69, 9.17) is 16.3 Å². The van der Waals surface area contributed by atoms with Crippen LogP contribution in [0.4, 0.5) is 10.8 Å². The van der Waals surface area contributed by atoms with Crippen LogP contribution in [0.2, 0.25) is 5.02 Å². The molecule has 0 atom stereocenters. The molecule has 1 aromatic heterocycles. The molecule has 11 heteroatoms. The Kier molecular flexibility index (Phi) is 6.81. The third-order valence-corrected chi connectivity index (χ3v) is 7.18. The molecule has 0 aliphatic rings. The first-order valence-corrected chi connectivity index (χ1v) is 11.6. The highest BCUT2D eigenvalue weighted by Gasteiger charge is 2.19. The van der Waals surface area contributed by atoms with Crippen molar-refractivity contribution in [3.05, 3.63) is 41.4 Å². The molecular formula is C19H21ClN4O4S2. The molecular weight excluding hydrogens is 448 g/mol. The molecule has 1 amide bonds. The van der Waals surface area contributed by atoms with E-state index in [0.29, 0.717) is 11.7 Å². The molecule has 0 aliphatic carbocycles. The van der Waals surface area contributed by atoms with Crippen LogP contribution >= 0.6 is 22.9 Å². The molecule has 1 heterocycles. The predicted octanol–water partition coefficient (Wildman–Crippen LogP) is 3.65. The Morgan fingerprint density at radius 1 is 1.23 bits per heavy atom. The van der Waals surface area contributed by atoms with Gasteiger partial charge in [0.15, 0.2) is 5.13 Å². The first-order valence-electron chi connectivity index (χ1n) is 9.00. The smallest absolute Gasteiger partial charge is 0.243 e. The zero-order chi connectivity index (χ0) is 21.9. The second kappa shape index (κ2) is 9.17. The van der Waals surface area contributed by atoms with Crippen molar-refractivity contribution in [2.45, 2.75) is 11.8 Å². The number of fused-ring (bicyclic) bond motifs is 1. The minimum Gasteiger partial charge on any atom is -0.494 e. The number of amides is 1. The van der Waals surface area contributed by atoms with Crippen molar-refractivity contribution in [1.82, 2.24) is 9.29 Å². The summed E-state index contributed by atoms with van der Waals surface area (Å²) < 4.78 is 32.1. The highest BCUT2D eigenvalue weighted by Crippen LogP contribution is 2.29. The van der Waals surface area contributed by atoms with Gasteiger partial charge in [-0.05, 0) is 43.3 Å². The third kappa shape index (κ3) is 5.01. The molecule has 2 N–H and O–H groups in total. The summed E-state index contributed by atoms with van der Waals surface area (Å²) in [5, 5.41) is 6.43. The minimum absolute atomic E-state index is 0.0384. The van der Waals surface area contributed by atoms with Crippen LogP contribution in [0.5, 0.6) is 5.75 Å². The summed E-state index contributed by atoms with van der Waals surface area (Å²) in [5.74, 6) is 0.380. The van der Waals surface area contributed by atoms with Crippen LogP contribution in [0.1, 0.15) is 6.92 Å². The molecule has 0 saturated heterocycles. The number of ether oxygens (including phenoxy) is 1. The standard InChI is InChI=1S/C19H21ClN4O4S2/c1-4-28-12-5-8-15-17(9-12)29-19(23-15)21-11-18(25)22-16-10-13(6-7-14(16)20)30(26,27)24(2)3/h5-10H,4,11H2,1-3H3,(H,21,23)(H,22,25). The van der Waals surface area contributed by atoms with Crippen LogP contribution in [0.25, 0.3) is 10.2 Å². The largest absolute Gasteiger partial charge is 0.494 e. The molecule has 0 aliphatic heterocycles. The number of rotatable bonds is 8. The number of nitrogens with zero attached hydrogens (tertiary/aromatic N) is 2. The van der Waals surface area contributed by atoms with Gasteiger partial charge in [0.2, 0.25) is 15.9 Å². The Labute approximate surface area is 183 Å². The molecule has 160 valence electrons. The van der Waals surface area contributed by atoms with Gasteiger partial charge in [-0.25, -0.2) is 17.7 Å². The fourth-order valence-corrected chi connectivity index (χ4v) is 4.54. The Bertz CT molecular complexity index is 1180. The van der Waals surface area contributed by atoms with Gasteiger partial charge in [-0.3, -0.25) is 4.79 Å². The number of thiazole rings is 1. The van der Waals surface area contributed by atoms with Gasteiger partial charge in [0.1, 0.15) is 5.75 Å². The molecule has 0 bridgehead atoms. The van der Waals surface area contributed by atoms with Gasteiger partial charge in [-0.2, -0.15) is 0 Å². The van der Waals surface area contributed by atoms with Gasteiger partial charge >= 0.3 is 0 Å². The number of halogens is 1. The minimum atomic E-state index is -3.64. The summed E-state index contributed by atoms with van der Waals surface area (Å²) in [4.78, 5) is 16.8. The van der Waals surface area contributed by atoms with Crippen LogP contribution in [0.3, 0.4) is 0 Å². The van der Waals surface area contributed by atoms with E-state index in [2.05, 4.69) is 15.6 Å². The average Bonchev–Trinajstić information content (AvgIpc) is 3.10. The lowest BCUT2D eigenvalue weighted by atomic mass is 10.3. The predicted molar refractivity (Wildman–Crippen MR) is 120 cm³/mol. The second-order valence-corrected chi connectivity index (χ2v) is 10.0. The number of carbonyl (C=O) groups excluding carboxylic acids is 1. The van der Waals surface area contributed by atoms with Gasteiger partial charge in [0.05, 0.1) is 39.0 Å². The van der Waals surface area contributed by atoms with E-state index in [0.717, 1.165) is 20.3 Å². The molecule has 0 saturated carbocycles. The van der Waals surface area contributed by atoms with Crippen molar-refractivity contribution in [2.24, 2.45) is 0 Å². The molecule has 3 aromatic rings. The van der Waals surface area contributed by atoms with Crippen molar-refractivity contribution >= 4 is 59.9 Å². The Morgan fingerprint density at radius 3 is 2.70 bits per heavy atom. The summed E-state index contributed by atoms with van der Waals surface area (Å²) >= 11 is 7.52. The van der Waals surface area contributed by atoms with Crippen molar-refractivity contribution in [3.63, 3.8) is 0 Å². The zero-order valence-electron chi connectivity index (χ0n) is 16.6. The van der Waals surface area contributed by atoms with Crippen LogP contribution in [0, 0.1) is 0 Å². The maximum Gasteiger partial charge on any atom is 0.243 e. The van der Waals surface area contributed by atoms with Gasteiger partial charge in [0.25, 0.3) is 0 Å². The van der Waals surface area contributed by atoms with Crippen molar-refractivity contribution in [1.29, 1.82) is 0 Å². The second-order valence-electron chi connectivity index (χ2n) is 6.41. The summed E-state index contributed by atoms with van der Waals surface area (Å²) in [6, 6.07) is 9.77. The van der Waals surface area contributed by atoms with E-state index < -0.39 is 10.0 Å². The normalized spacial score (nSPS) is 11.6. The monoisotopic (exact) mass is 468 g/mol. The number of carbonyl (C=O) groups is 1. The number of benzene rings is 2. The first-order chi connectivity index (χ1) is 14.2. The van der Waals surface area contributed by atoms with Crippen molar-refractivity contribution in [3.8, 4) is 5.75 Å². The van der Waals surface area contributed by atoms with Crippen molar-refractivity contribution in [2.75, 3.05) is 37.9 Å². The maximum absolute atomic E-state index is 12.4. The van der Waals surface area contributed by atoms with Crippen LogP contribution in [-0.4, -0.2) is 50.9 Å². The topological polar surface area (TPSA) is 101 Å². The van der Waals surface area contributed by atoms with E-state index in [9.17, 15) is 13.2 Å². The van der Waals surface area contributed by atoms with Gasteiger partial charge in [-0.1, -0.05) is 22.9 Å². The molecule has 0 radical (unpaired) electrons. The fraction of sp³-hybridized carbons (Fsp3) is 0.263. The quantitative estimate of drug-likeness (QED) is 0.523. The van der Waals surface area contributed by atoms with Gasteiger partial charge in [-0.15, -0.1) is 0 Å². The molecule has 8 nitrogen and oxygen atoms in total. The number of anilines is 2. The van der Waals surface area contributed by atoms with E-state index in [1.165, 1.54) is 43.6 Å². The van der Waals surface area contributed by atoms with Crippen LogP contribution in [-0.2, 0) is 14.8 Å². The van der Waals surface area contributed by atoms with Crippen molar-refractivity contribution < 1.29 is 17.9 Å². The summed E-state index contributed by atoms with van der Waals surface area (Å²) in [7, 11) is -0.777. The molecule has 0 fully saturated rings. The molecule has 0 spiro atoms. The fourth-order valence-electron chi connectivity index (χ4n) is 2.56. The Hall–Kier alpha value is -2.40. The number of aromatic nitrogens is 1. The van der Waals surface area contributed by atoms with Crippen LogP contribution < -0.4 is 15.4 Å². The number of hydrogen-bond acceptors (Lipinski definition) is 7. The molecule has 2 aromatic carbocycles. The molecule has 3 rings (SSSR count). The number of nitrogens with one attached hydrogen (secondary N) is 2. The van der Waals surface area contributed by atoms with E-state index in [1.54, 1.807) is 0 Å². The van der Waals surface area contributed by atoms with E-state index in [-0.39, 0.29) is 28.1 Å². The maximum atomic E-state index is 12.4. The van der Waals surface area contributed by atoms with Crippen LogP contribution in [0.15, 0.2) is 41.3 Å². The summed E-state index contributed by atoms with van der Waals surface area (Å²) in [5.41, 5.74) is 1.02. The Morgan fingerprint density at radius 2 is 2.00 bits per heavy atom. The highest BCUT2D eigenvalue weighted by atomic mass is 35.5. The Balaban J connectivity index is 1.68. The highest BCUT2D eigenvalue weighted by molar-refractivity contribution is 7.89. The average molecular weight is 469 g/mol. The first kappa shape index (κ1) is 22.3. The molecule has 30 heavy (non-hydrogen) atoms. The van der Waals surface area contributed by atoms with E-state index in [1.807, 2.05) is 25.1 Å². The summed E-state index contributed by atoms with van der Waals surface area (Å²) in [6.45, 7) is 2.44. The lowest BCUT2D eigenvalue weighted by Gasteiger charge is -2.14. The zero-order valence-corrected chi connectivity index (χ0v) is 19.0.